The van der Waals surface area contributed by atoms with E-state index < -0.39 is 11.8 Å². The highest BCUT2D eigenvalue weighted by atomic mass is 32.1. The van der Waals surface area contributed by atoms with Gasteiger partial charge >= 0.3 is 0 Å². The number of ether oxygens (including phenoxy) is 3. The molecule has 0 spiro atoms. The highest BCUT2D eigenvalue weighted by molar-refractivity contribution is 7.80. The second kappa shape index (κ2) is 14.1. The number of hydrogen-bond acceptors (Lipinski definition) is 6. The zero-order valence-corrected chi connectivity index (χ0v) is 20.0. The van der Waals surface area contributed by atoms with Crippen molar-refractivity contribution < 1.29 is 23.8 Å². The van der Waals surface area contributed by atoms with Gasteiger partial charge in [-0.3, -0.25) is 25.8 Å². The normalized spacial score (nSPS) is 11.2. The molecule has 9 heteroatoms. The SMILES string of the molecule is CCOCCOc1ccc(C(=O)NC(=S)NNC(=O)COc2ccc(C(C)CC)cc2)cc1. The van der Waals surface area contributed by atoms with E-state index in [0.29, 0.717) is 42.8 Å². The fourth-order valence-electron chi connectivity index (χ4n) is 2.71. The van der Waals surface area contributed by atoms with Gasteiger partial charge in [0.15, 0.2) is 11.7 Å². The molecule has 178 valence electrons. The van der Waals surface area contributed by atoms with Crippen LogP contribution in [-0.2, 0) is 9.53 Å². The maximum Gasteiger partial charge on any atom is 0.276 e. The standard InChI is InChI=1S/C24H31N3O5S/c1-4-17(3)18-6-10-21(11-7-18)32-16-22(28)26-27-24(33)25-23(29)19-8-12-20(13-9-19)31-15-14-30-5-2/h6-13,17H,4-5,14-16H2,1-3H3,(H,26,28)(H2,25,27,29,33). The van der Waals surface area contributed by atoms with Gasteiger partial charge < -0.3 is 14.2 Å². The fourth-order valence-corrected chi connectivity index (χ4v) is 2.86. The number of amides is 2. The minimum Gasteiger partial charge on any atom is -0.491 e. The van der Waals surface area contributed by atoms with E-state index in [2.05, 4.69) is 30.0 Å². The minimum atomic E-state index is -0.439. The van der Waals surface area contributed by atoms with Gasteiger partial charge in [-0.2, -0.15) is 0 Å². The van der Waals surface area contributed by atoms with Gasteiger partial charge in [0.2, 0.25) is 0 Å². The van der Waals surface area contributed by atoms with E-state index in [1.54, 1.807) is 24.3 Å². The van der Waals surface area contributed by atoms with E-state index in [4.69, 9.17) is 26.4 Å². The van der Waals surface area contributed by atoms with Crippen LogP contribution in [0.3, 0.4) is 0 Å². The molecule has 0 aliphatic carbocycles. The molecule has 0 bridgehead atoms. The summed E-state index contributed by atoms with van der Waals surface area (Å²) in [5.74, 6) is 0.846. The third-order valence-corrected chi connectivity index (χ3v) is 5.00. The Kier molecular flexibility index (Phi) is 11.1. The van der Waals surface area contributed by atoms with Gasteiger partial charge in [0.05, 0.1) is 6.61 Å². The lowest BCUT2D eigenvalue weighted by atomic mass is 9.99. The van der Waals surface area contributed by atoms with Crippen molar-refractivity contribution >= 4 is 29.1 Å². The van der Waals surface area contributed by atoms with Crippen LogP contribution in [-0.4, -0.2) is 43.4 Å². The molecule has 2 aromatic carbocycles. The van der Waals surface area contributed by atoms with Crippen LogP contribution in [0.4, 0.5) is 0 Å². The maximum absolute atomic E-state index is 12.3. The van der Waals surface area contributed by atoms with Gasteiger partial charge in [0.25, 0.3) is 11.8 Å². The predicted octanol–water partition coefficient (Wildman–Crippen LogP) is 3.33. The van der Waals surface area contributed by atoms with Gasteiger partial charge in [-0.25, -0.2) is 0 Å². The predicted molar refractivity (Wildman–Crippen MR) is 130 cm³/mol. The molecule has 1 unspecified atom stereocenters. The van der Waals surface area contributed by atoms with Crippen LogP contribution in [0.2, 0.25) is 0 Å². The fraction of sp³-hybridized carbons (Fsp3) is 0.375. The second-order valence-corrected chi connectivity index (χ2v) is 7.60. The molecule has 0 saturated heterocycles. The number of hydrogen-bond donors (Lipinski definition) is 3. The average Bonchev–Trinajstić information content (AvgIpc) is 2.84. The van der Waals surface area contributed by atoms with Crippen molar-refractivity contribution in [1.82, 2.24) is 16.2 Å². The van der Waals surface area contributed by atoms with Crippen LogP contribution in [0, 0.1) is 0 Å². The van der Waals surface area contributed by atoms with Gasteiger partial charge in [0.1, 0.15) is 18.1 Å². The number of benzene rings is 2. The number of hydrazine groups is 1. The minimum absolute atomic E-state index is 0.0386. The molecule has 0 aromatic heterocycles. The first-order valence-electron chi connectivity index (χ1n) is 10.9. The number of rotatable bonds is 11. The molecule has 3 N–H and O–H groups in total. The second-order valence-electron chi connectivity index (χ2n) is 7.19. The van der Waals surface area contributed by atoms with Gasteiger partial charge in [-0.1, -0.05) is 26.0 Å². The monoisotopic (exact) mass is 473 g/mol. The average molecular weight is 474 g/mol. The Morgan fingerprint density at radius 2 is 1.55 bits per heavy atom. The summed E-state index contributed by atoms with van der Waals surface area (Å²) in [5.41, 5.74) is 6.49. The van der Waals surface area contributed by atoms with Crippen LogP contribution in [0.25, 0.3) is 0 Å². The van der Waals surface area contributed by atoms with Gasteiger partial charge in [-0.05, 0) is 73.4 Å². The number of carbonyl (C=O) groups is 2. The molecule has 2 amide bonds. The summed E-state index contributed by atoms with van der Waals surface area (Å²) in [7, 11) is 0. The summed E-state index contributed by atoms with van der Waals surface area (Å²) >= 11 is 5.05. The zero-order valence-electron chi connectivity index (χ0n) is 19.2. The first kappa shape index (κ1) is 26.1. The molecular weight excluding hydrogens is 442 g/mol. The Hall–Kier alpha value is -3.17. The molecule has 0 saturated carbocycles. The Bertz CT molecular complexity index is 903. The van der Waals surface area contributed by atoms with Crippen LogP contribution in [0.5, 0.6) is 11.5 Å². The third-order valence-electron chi connectivity index (χ3n) is 4.79. The van der Waals surface area contributed by atoms with Crippen LogP contribution < -0.4 is 25.6 Å². The van der Waals surface area contributed by atoms with Crippen LogP contribution in [0.15, 0.2) is 48.5 Å². The van der Waals surface area contributed by atoms with Crippen molar-refractivity contribution in [2.24, 2.45) is 0 Å². The molecule has 0 fully saturated rings. The maximum atomic E-state index is 12.3. The number of carbonyl (C=O) groups excluding carboxylic acids is 2. The lowest BCUT2D eigenvalue weighted by Crippen LogP contribution is -2.49. The van der Waals surface area contributed by atoms with Crippen molar-refractivity contribution in [2.75, 3.05) is 26.4 Å². The van der Waals surface area contributed by atoms with Crippen LogP contribution in [0.1, 0.15) is 49.0 Å². The Morgan fingerprint density at radius 3 is 2.18 bits per heavy atom. The molecule has 0 heterocycles. The summed E-state index contributed by atoms with van der Waals surface area (Å²) in [6, 6.07) is 14.3. The van der Waals surface area contributed by atoms with Crippen molar-refractivity contribution in [1.29, 1.82) is 0 Å². The summed E-state index contributed by atoms with van der Waals surface area (Å²) < 4.78 is 16.2. The smallest absolute Gasteiger partial charge is 0.276 e. The highest BCUT2D eigenvalue weighted by Gasteiger charge is 2.10. The first-order valence-corrected chi connectivity index (χ1v) is 11.3. The molecule has 8 nitrogen and oxygen atoms in total. The number of nitrogens with one attached hydrogen (secondary N) is 3. The Morgan fingerprint density at radius 1 is 0.909 bits per heavy atom. The summed E-state index contributed by atoms with van der Waals surface area (Å²) in [6.45, 7) is 7.58. The quantitative estimate of drug-likeness (QED) is 0.262. The van der Waals surface area contributed by atoms with Crippen LogP contribution >= 0.6 is 12.2 Å². The summed E-state index contributed by atoms with van der Waals surface area (Å²) in [4.78, 5) is 24.3. The van der Waals surface area contributed by atoms with E-state index in [1.807, 2.05) is 31.2 Å². The topological polar surface area (TPSA) is 97.9 Å². The van der Waals surface area contributed by atoms with E-state index in [-0.39, 0.29) is 11.7 Å². The highest BCUT2D eigenvalue weighted by Crippen LogP contribution is 2.21. The van der Waals surface area contributed by atoms with E-state index >= 15 is 0 Å². The molecule has 2 rings (SSSR count). The molecular formula is C24H31N3O5S. The Balaban J connectivity index is 1.69. The molecule has 2 aromatic rings. The first-order chi connectivity index (χ1) is 15.9. The summed E-state index contributed by atoms with van der Waals surface area (Å²) in [5, 5.41) is 2.45. The summed E-state index contributed by atoms with van der Waals surface area (Å²) in [6.07, 6.45) is 1.05. The Labute approximate surface area is 200 Å². The van der Waals surface area contributed by atoms with Crippen molar-refractivity contribution in [3.05, 3.63) is 59.7 Å². The molecule has 33 heavy (non-hydrogen) atoms. The van der Waals surface area contributed by atoms with E-state index in [1.165, 1.54) is 5.56 Å². The van der Waals surface area contributed by atoms with Crippen molar-refractivity contribution in [3.8, 4) is 11.5 Å². The lowest BCUT2D eigenvalue weighted by Gasteiger charge is -2.12. The molecule has 0 aliphatic heterocycles. The third kappa shape index (κ3) is 9.46. The largest absolute Gasteiger partial charge is 0.491 e. The zero-order chi connectivity index (χ0) is 24.1. The van der Waals surface area contributed by atoms with Gasteiger partial charge in [0, 0.05) is 12.2 Å². The van der Waals surface area contributed by atoms with Crippen molar-refractivity contribution in [3.63, 3.8) is 0 Å². The van der Waals surface area contributed by atoms with E-state index in [9.17, 15) is 9.59 Å². The molecule has 1 atom stereocenters. The van der Waals surface area contributed by atoms with Crippen molar-refractivity contribution in [2.45, 2.75) is 33.1 Å². The van der Waals surface area contributed by atoms with E-state index in [0.717, 1.165) is 6.42 Å². The lowest BCUT2D eigenvalue weighted by molar-refractivity contribution is -0.123. The number of thiocarbonyl (C=S) groups is 1. The van der Waals surface area contributed by atoms with Gasteiger partial charge in [-0.15, -0.1) is 0 Å². The molecule has 0 radical (unpaired) electrons. The molecule has 0 aliphatic rings.